The standard InChI is InChI=1S/C17H15F3N2O4/c1-24-15-8-11(2-7-14(15)26-17(19)20)9-21-22-16(23)10-25-13-5-3-12(18)4-6-13/h2-9,17H,10H2,1H3,(H,22,23)/b21-9-. The van der Waals surface area contributed by atoms with Crippen LogP contribution in [-0.4, -0.2) is 32.4 Å². The SMILES string of the molecule is COc1cc(/C=N\NC(=O)COc2ccc(F)cc2)ccc1OC(F)F. The summed E-state index contributed by atoms with van der Waals surface area (Å²) in [6.07, 6.45) is 1.30. The minimum absolute atomic E-state index is 0.0974. The molecule has 0 aromatic heterocycles. The Bertz CT molecular complexity index is 767. The second-order valence-corrected chi connectivity index (χ2v) is 4.82. The van der Waals surface area contributed by atoms with E-state index in [4.69, 9.17) is 9.47 Å². The third kappa shape index (κ3) is 6.00. The molecule has 0 unspecified atom stereocenters. The quantitative estimate of drug-likeness (QED) is 0.575. The molecule has 0 spiro atoms. The molecule has 0 aliphatic carbocycles. The van der Waals surface area contributed by atoms with Crippen molar-refractivity contribution < 1.29 is 32.2 Å². The summed E-state index contributed by atoms with van der Waals surface area (Å²) >= 11 is 0. The van der Waals surface area contributed by atoms with Gasteiger partial charge in [0.15, 0.2) is 18.1 Å². The number of nitrogens with one attached hydrogen (secondary N) is 1. The fraction of sp³-hybridized carbons (Fsp3) is 0.176. The summed E-state index contributed by atoms with van der Waals surface area (Å²) < 4.78 is 51.7. The zero-order valence-corrected chi connectivity index (χ0v) is 13.6. The summed E-state index contributed by atoms with van der Waals surface area (Å²) in [5.41, 5.74) is 2.73. The maximum atomic E-state index is 12.7. The number of carbonyl (C=O) groups is 1. The van der Waals surface area contributed by atoms with Crippen LogP contribution in [0.25, 0.3) is 0 Å². The first-order valence-electron chi connectivity index (χ1n) is 7.31. The Labute approximate surface area is 147 Å². The third-order valence-corrected chi connectivity index (χ3v) is 2.99. The van der Waals surface area contributed by atoms with Gasteiger partial charge in [0.25, 0.3) is 5.91 Å². The van der Waals surface area contributed by atoms with E-state index in [-0.39, 0.29) is 18.1 Å². The van der Waals surface area contributed by atoms with Gasteiger partial charge in [0.05, 0.1) is 13.3 Å². The number of hydrazone groups is 1. The Hall–Kier alpha value is -3.23. The molecule has 0 radical (unpaired) electrons. The van der Waals surface area contributed by atoms with Crippen LogP contribution >= 0.6 is 0 Å². The van der Waals surface area contributed by atoms with Crippen LogP contribution in [0.2, 0.25) is 0 Å². The second kappa shape index (κ2) is 9.30. The normalized spacial score (nSPS) is 10.8. The van der Waals surface area contributed by atoms with Crippen molar-refractivity contribution in [2.45, 2.75) is 6.61 Å². The van der Waals surface area contributed by atoms with E-state index in [9.17, 15) is 18.0 Å². The van der Waals surface area contributed by atoms with Crippen LogP contribution in [0.4, 0.5) is 13.2 Å². The van der Waals surface area contributed by atoms with Gasteiger partial charge in [-0.3, -0.25) is 4.79 Å². The molecule has 0 saturated heterocycles. The van der Waals surface area contributed by atoms with Gasteiger partial charge in [-0.15, -0.1) is 0 Å². The number of carbonyl (C=O) groups excluding carboxylic acids is 1. The number of benzene rings is 2. The zero-order chi connectivity index (χ0) is 18.9. The van der Waals surface area contributed by atoms with Gasteiger partial charge in [0, 0.05) is 0 Å². The summed E-state index contributed by atoms with van der Waals surface area (Å²) in [6, 6.07) is 9.38. The highest BCUT2D eigenvalue weighted by Gasteiger charge is 2.10. The molecule has 2 rings (SSSR count). The van der Waals surface area contributed by atoms with E-state index in [2.05, 4.69) is 15.3 Å². The highest BCUT2D eigenvalue weighted by molar-refractivity contribution is 5.83. The van der Waals surface area contributed by atoms with Crippen molar-refractivity contribution in [2.75, 3.05) is 13.7 Å². The number of rotatable bonds is 8. The van der Waals surface area contributed by atoms with E-state index in [1.165, 1.54) is 55.8 Å². The number of hydrogen-bond donors (Lipinski definition) is 1. The molecule has 2 aromatic carbocycles. The largest absolute Gasteiger partial charge is 0.493 e. The Morgan fingerprint density at radius 3 is 2.58 bits per heavy atom. The highest BCUT2D eigenvalue weighted by atomic mass is 19.3. The van der Waals surface area contributed by atoms with Gasteiger partial charge >= 0.3 is 6.61 Å². The smallest absolute Gasteiger partial charge is 0.387 e. The number of methoxy groups -OCH3 is 1. The van der Waals surface area contributed by atoms with E-state index in [0.717, 1.165) is 0 Å². The van der Waals surface area contributed by atoms with E-state index in [1.807, 2.05) is 0 Å². The summed E-state index contributed by atoms with van der Waals surface area (Å²) in [7, 11) is 1.31. The monoisotopic (exact) mass is 368 g/mol. The van der Waals surface area contributed by atoms with Crippen molar-refractivity contribution in [3.05, 3.63) is 53.8 Å². The summed E-state index contributed by atoms with van der Waals surface area (Å²) in [6.45, 7) is -3.28. The van der Waals surface area contributed by atoms with Crippen LogP contribution < -0.4 is 19.6 Å². The maximum absolute atomic E-state index is 12.7. The molecule has 0 heterocycles. The predicted octanol–water partition coefficient (Wildman–Crippen LogP) is 2.96. The highest BCUT2D eigenvalue weighted by Crippen LogP contribution is 2.28. The molecule has 0 bridgehead atoms. The molecule has 26 heavy (non-hydrogen) atoms. The number of nitrogens with zero attached hydrogens (tertiary/aromatic N) is 1. The average Bonchev–Trinajstić information content (AvgIpc) is 2.62. The van der Waals surface area contributed by atoms with Crippen LogP contribution in [0.15, 0.2) is 47.6 Å². The maximum Gasteiger partial charge on any atom is 0.387 e. The molecule has 9 heteroatoms. The van der Waals surface area contributed by atoms with Crippen LogP contribution in [0.1, 0.15) is 5.56 Å². The van der Waals surface area contributed by atoms with Crippen molar-refractivity contribution in [2.24, 2.45) is 5.10 Å². The Balaban J connectivity index is 1.86. The minimum Gasteiger partial charge on any atom is -0.493 e. The van der Waals surface area contributed by atoms with Gasteiger partial charge in [0.1, 0.15) is 11.6 Å². The fourth-order valence-electron chi connectivity index (χ4n) is 1.85. The average molecular weight is 368 g/mol. The molecule has 2 aromatic rings. The molecule has 0 atom stereocenters. The van der Waals surface area contributed by atoms with E-state index >= 15 is 0 Å². The first kappa shape index (κ1) is 19.1. The molecule has 0 fully saturated rings. The van der Waals surface area contributed by atoms with E-state index in [0.29, 0.717) is 11.3 Å². The molecular weight excluding hydrogens is 353 g/mol. The summed E-state index contributed by atoms with van der Waals surface area (Å²) in [5, 5.41) is 3.72. The predicted molar refractivity (Wildman–Crippen MR) is 87.3 cm³/mol. The van der Waals surface area contributed by atoms with Gasteiger partial charge < -0.3 is 14.2 Å². The van der Waals surface area contributed by atoms with Crippen LogP contribution in [0.3, 0.4) is 0 Å². The Kier molecular flexibility index (Phi) is 6.84. The summed E-state index contributed by atoms with van der Waals surface area (Å²) in [4.78, 5) is 11.6. The Morgan fingerprint density at radius 2 is 1.92 bits per heavy atom. The first-order chi connectivity index (χ1) is 12.5. The number of amides is 1. The van der Waals surface area contributed by atoms with Crippen molar-refractivity contribution in [3.8, 4) is 17.2 Å². The van der Waals surface area contributed by atoms with Crippen molar-refractivity contribution in [1.82, 2.24) is 5.43 Å². The number of halogens is 3. The lowest BCUT2D eigenvalue weighted by atomic mass is 10.2. The number of hydrogen-bond acceptors (Lipinski definition) is 5. The molecule has 6 nitrogen and oxygen atoms in total. The second-order valence-electron chi connectivity index (χ2n) is 4.82. The van der Waals surface area contributed by atoms with E-state index in [1.54, 1.807) is 0 Å². The van der Waals surface area contributed by atoms with Crippen molar-refractivity contribution >= 4 is 12.1 Å². The zero-order valence-electron chi connectivity index (χ0n) is 13.6. The van der Waals surface area contributed by atoms with Gasteiger partial charge in [0.2, 0.25) is 0 Å². The topological polar surface area (TPSA) is 69.2 Å². The fourth-order valence-corrected chi connectivity index (χ4v) is 1.85. The third-order valence-electron chi connectivity index (χ3n) is 2.99. The molecular formula is C17H15F3N2O4. The molecule has 0 saturated carbocycles. The van der Waals surface area contributed by atoms with Crippen LogP contribution in [0, 0.1) is 5.82 Å². The number of alkyl halides is 2. The van der Waals surface area contributed by atoms with Gasteiger partial charge in [-0.05, 0) is 48.0 Å². The van der Waals surface area contributed by atoms with Gasteiger partial charge in [-0.25, -0.2) is 9.82 Å². The molecule has 1 N–H and O–H groups in total. The lowest BCUT2D eigenvalue weighted by molar-refractivity contribution is -0.123. The Morgan fingerprint density at radius 1 is 1.19 bits per heavy atom. The molecule has 1 amide bonds. The van der Waals surface area contributed by atoms with Crippen LogP contribution in [-0.2, 0) is 4.79 Å². The minimum atomic E-state index is -2.97. The summed E-state index contributed by atoms with van der Waals surface area (Å²) in [5.74, 6) is -0.622. The van der Waals surface area contributed by atoms with Crippen LogP contribution in [0.5, 0.6) is 17.2 Å². The van der Waals surface area contributed by atoms with Gasteiger partial charge in [-0.2, -0.15) is 13.9 Å². The lowest BCUT2D eigenvalue weighted by Crippen LogP contribution is -2.24. The molecule has 0 aliphatic heterocycles. The first-order valence-corrected chi connectivity index (χ1v) is 7.31. The van der Waals surface area contributed by atoms with Gasteiger partial charge in [-0.1, -0.05) is 0 Å². The molecule has 0 aliphatic rings. The lowest BCUT2D eigenvalue weighted by Gasteiger charge is -2.10. The van der Waals surface area contributed by atoms with Crippen molar-refractivity contribution in [3.63, 3.8) is 0 Å². The van der Waals surface area contributed by atoms with Crippen molar-refractivity contribution in [1.29, 1.82) is 0 Å². The van der Waals surface area contributed by atoms with E-state index < -0.39 is 18.3 Å². The molecule has 138 valence electrons. The number of ether oxygens (including phenoxy) is 3.